The van der Waals surface area contributed by atoms with Gasteiger partial charge in [0.25, 0.3) is 0 Å². The van der Waals surface area contributed by atoms with Crippen LogP contribution in [0, 0.1) is 0 Å². The number of hydrogen-bond acceptors (Lipinski definition) is 0. The summed E-state index contributed by atoms with van der Waals surface area (Å²) in [5, 5.41) is 0. The molecule has 0 aliphatic rings. The molecule has 0 spiro atoms. The molecule has 48 unspecified atom stereocenters. The predicted molar refractivity (Wildman–Crippen MR) is 735 cm³/mol. The molecule has 0 nitrogen and oxygen atoms in total. The molecule has 0 saturated carbocycles. The van der Waals surface area contributed by atoms with Crippen LogP contribution < -0.4 is 0 Å². The third-order valence-corrected chi connectivity index (χ3v) is 632. The highest BCUT2D eigenvalue weighted by Gasteiger charge is 2.66. The molecule has 0 heterocycles. The molecule has 0 aromatic rings. The summed E-state index contributed by atoms with van der Waals surface area (Å²) in [6, 6.07) is 0. The summed E-state index contributed by atoms with van der Waals surface area (Å²) < 4.78 is 0. The van der Waals surface area contributed by atoms with E-state index >= 15 is 0 Å². The van der Waals surface area contributed by atoms with Gasteiger partial charge < -0.3 is 0 Å². The lowest BCUT2D eigenvalue weighted by atomic mass is 28.4. The summed E-state index contributed by atoms with van der Waals surface area (Å²) in [5.41, 5.74) is 0. The molecule has 0 N–H and O–H groups in total. The first-order chi connectivity index (χ1) is 40.0. The molecular formula is H90P88. The van der Waals surface area contributed by atoms with E-state index in [1.165, 1.54) is 0 Å². The van der Waals surface area contributed by atoms with Gasteiger partial charge >= 0.3 is 0 Å². The Morgan fingerprint density at radius 2 is 0.136 bits per heavy atom. The lowest BCUT2D eigenvalue weighted by molar-refractivity contribution is 4.30. The summed E-state index contributed by atoms with van der Waals surface area (Å²) in [6.07, 6.45) is 0. The van der Waals surface area contributed by atoms with Gasteiger partial charge in [-0.1, -0.05) is 0 Å². The predicted octanol–water partition coefficient (Wildman–Crippen LogP) is 51.7. The minimum absolute atomic E-state index is 0.341. The fraction of sp³-hybridized carbons (Fsp3) is 0. The van der Waals surface area contributed by atoms with Gasteiger partial charge in [0.05, 0.1) is 0 Å². The topological polar surface area (TPSA) is 0 Å². The molecule has 0 radical (unpaired) electrons. The van der Waals surface area contributed by atoms with Crippen molar-refractivity contribution in [2.24, 2.45) is 0 Å². The van der Waals surface area contributed by atoms with Crippen LogP contribution in [-0.4, -0.2) is 0 Å². The van der Waals surface area contributed by atoms with E-state index in [0.717, 1.165) is 0 Å². The number of rotatable bonds is 42. The Kier molecular flexibility index (Phi) is 98.4. The molecule has 88 heavy (non-hydrogen) atoms. The molecule has 0 aliphatic heterocycles. The Labute approximate surface area is 691 Å². The van der Waals surface area contributed by atoms with E-state index in [9.17, 15) is 0 Å². The molecule has 0 saturated heterocycles. The average Bonchev–Trinajstić information content (AvgIpc) is 3.29. The molecule has 0 bridgehead atoms. The summed E-state index contributed by atoms with van der Waals surface area (Å²) in [7, 11) is 168. The summed E-state index contributed by atoms with van der Waals surface area (Å²) in [6.45, 7) is -16.9. The zero-order chi connectivity index (χ0) is 69.8. The third kappa shape index (κ3) is 44.1. The molecule has 0 amide bonds. The lowest BCUT2D eigenvalue weighted by Gasteiger charge is -2.63. The Morgan fingerprint density at radius 1 is 0.0682 bits per heavy atom. The van der Waals surface area contributed by atoms with Crippen LogP contribution in [0.3, 0.4) is 0 Å². The molecule has 530 valence electrons. The van der Waals surface area contributed by atoms with Crippen molar-refractivity contribution in [1.82, 2.24) is 0 Å². The fourth-order valence-corrected chi connectivity index (χ4v) is 1300. The van der Waals surface area contributed by atoms with Crippen LogP contribution in [0.15, 0.2) is 0 Å². The molecule has 0 fully saturated rings. The van der Waals surface area contributed by atoms with Gasteiger partial charge in [0.2, 0.25) is 0 Å². The second kappa shape index (κ2) is 68.8. The highest BCUT2D eigenvalue weighted by molar-refractivity contribution is 9.59. The SMILES string of the molecule is PP(P)P(P)P(P(P)P)P(P(P(P(P)P)P(P)P)P(P(P)P)P(P)P)P(P(P(P(P(P)P)P(P)P)P(P(P)P)P(P)P)P(P(P(P)P)P(P)P)P(P(P)P)P(P)P)P(P(P(P(P)P)P(P)P)P(P(P)P)P(P)P)P(P(P(P)P)P(P)P)P(P(P)P)P(P)P. The van der Waals surface area contributed by atoms with Gasteiger partial charge in [0.1, 0.15) is 0 Å². The van der Waals surface area contributed by atoms with Crippen molar-refractivity contribution in [1.29, 1.82) is 0 Å². The molecule has 48 atom stereocenters. The molecule has 0 aliphatic carbocycles. The standard InChI is InChI=1S/H90P88/c1-46(2)68(45)79(67(43)44)85(80(69(47(3)4)48(5)6)70(49(7)8)50(9)10)88(86(81(71(51(11)12)52(13)14)72(53(15)16)54(17)18)82(73(55(19)20)56(21)22)74(57(23)24)58(25)26)87(83(75(59(27)28)60(29)30)76(61(31)32)62(33)34)84(77(63(35)36)64(37)38)78(65(39)40)66(41)42/h1-45H2. The normalized spacial score (nSPS) is 15.6. The highest BCUT2D eigenvalue weighted by atomic mass is 33.6. The molecule has 0 rings (SSSR count). The maximum Gasteiger partial charge on any atom is -0.00000221 e. The largest absolute Gasteiger partial charge is 0.102 e. The van der Waals surface area contributed by atoms with Gasteiger partial charge in [-0.05, 0) is 300 Å². The monoisotopic (exact) mass is 2820 g/mol. The van der Waals surface area contributed by atoms with Crippen molar-refractivity contribution in [3.8, 4) is 0 Å². The summed E-state index contributed by atoms with van der Waals surface area (Å²) in [4.78, 5) is 0. The van der Waals surface area contributed by atoms with Crippen molar-refractivity contribution in [2.75, 3.05) is 0 Å². The first kappa shape index (κ1) is 126. The molecule has 0 aromatic heterocycles. The lowest BCUT2D eigenvalue weighted by Crippen LogP contribution is -1.76. The Hall–Kier alpha value is 37.8. The van der Waals surface area contributed by atoms with Gasteiger partial charge in [-0.2, -0.15) is 0 Å². The van der Waals surface area contributed by atoms with Crippen molar-refractivity contribution in [2.45, 2.75) is 0 Å². The van der Waals surface area contributed by atoms with Crippen LogP contribution >= 0.6 is 702 Å². The molecule has 88 heteroatoms. The van der Waals surface area contributed by atoms with Gasteiger partial charge in [-0.25, -0.2) is 0 Å². The second-order valence-corrected chi connectivity index (χ2v) is 379. The van der Waals surface area contributed by atoms with Crippen molar-refractivity contribution >= 4 is 702 Å². The van der Waals surface area contributed by atoms with Gasteiger partial charge in [-0.3, -0.25) is 0 Å². The van der Waals surface area contributed by atoms with E-state index in [1.54, 1.807) is 0 Å². The van der Waals surface area contributed by atoms with Gasteiger partial charge in [0.15, 0.2) is 0 Å². The summed E-state index contributed by atoms with van der Waals surface area (Å²) in [5.74, 6) is 0. The van der Waals surface area contributed by atoms with Crippen LogP contribution in [0.4, 0.5) is 0 Å². The van der Waals surface area contributed by atoms with Crippen molar-refractivity contribution < 1.29 is 0 Å². The van der Waals surface area contributed by atoms with Gasteiger partial charge in [0, 0.05) is 0 Å². The van der Waals surface area contributed by atoms with Gasteiger partial charge in [-0.15, -0.1) is 402 Å². The first-order valence-corrected chi connectivity index (χ1v) is 180. The van der Waals surface area contributed by atoms with E-state index in [0.29, 0.717) is 0 Å². The Morgan fingerprint density at radius 3 is 0.205 bits per heavy atom. The van der Waals surface area contributed by atoms with Crippen LogP contribution in [-0.2, 0) is 0 Å². The van der Waals surface area contributed by atoms with Crippen molar-refractivity contribution in [3.05, 3.63) is 0 Å². The van der Waals surface area contributed by atoms with Crippen molar-refractivity contribution in [3.63, 3.8) is 0 Å². The van der Waals surface area contributed by atoms with E-state index in [2.05, 4.69) is 402 Å². The number of hydrogen-bond donors (Lipinski definition) is 0. The zero-order valence-electron chi connectivity index (χ0n) is 45.2. The van der Waals surface area contributed by atoms with Crippen LogP contribution in [0.2, 0.25) is 0 Å². The maximum absolute atomic E-state index is 3.94. The minimum Gasteiger partial charge on any atom is -0.102 e. The summed E-state index contributed by atoms with van der Waals surface area (Å²) >= 11 is 0. The van der Waals surface area contributed by atoms with Crippen LogP contribution in [0.25, 0.3) is 0 Å². The Bertz CT molecular complexity index is 1400. The fourth-order valence-electron chi connectivity index (χ4n) is 5.34. The molecule has 0 aromatic carbocycles. The van der Waals surface area contributed by atoms with E-state index in [1.807, 2.05) is 0 Å². The van der Waals surface area contributed by atoms with E-state index < -0.39 is 76.9 Å². The maximum atomic E-state index is 3.94. The quantitative estimate of drug-likeness (QED) is 0.0535. The van der Waals surface area contributed by atoms with Crippen LogP contribution in [0.5, 0.6) is 0 Å². The first-order valence-electron chi connectivity index (χ1n) is 20.0. The highest BCUT2D eigenvalue weighted by Crippen LogP contribution is 3.53. The third-order valence-electron chi connectivity index (χ3n) is 7.80. The smallest absolute Gasteiger partial charge is 0.00000221 e. The Balaban J connectivity index is 13.5. The van der Waals surface area contributed by atoms with E-state index in [4.69, 9.17) is 0 Å². The average molecular weight is 2820 g/mol. The molecular weight excluding hydrogens is 2730 g/mol. The zero-order valence-corrected chi connectivity index (χ0v) is 136. The van der Waals surface area contributed by atoms with Crippen LogP contribution in [0.1, 0.15) is 0 Å². The minimum atomic E-state index is -0.546. The van der Waals surface area contributed by atoms with E-state index in [-0.39, 0.29) is 224 Å². The second-order valence-electron chi connectivity index (χ2n) is 14.0.